The van der Waals surface area contributed by atoms with Crippen LogP contribution in [-0.4, -0.2) is 46.7 Å². The van der Waals surface area contributed by atoms with E-state index in [1.54, 1.807) is 13.3 Å². The number of halogens is 1. The number of benzene rings is 1. The molecule has 5 nitrogen and oxygen atoms in total. The first-order chi connectivity index (χ1) is 11.7. The Balaban J connectivity index is 0.00000121. The van der Waals surface area contributed by atoms with Crippen molar-refractivity contribution in [3.8, 4) is 5.75 Å². The summed E-state index contributed by atoms with van der Waals surface area (Å²) in [5, 5.41) is 12.2. The number of aliphatic hydroxyl groups excluding tert-OH is 1. The van der Waals surface area contributed by atoms with Crippen LogP contribution in [0, 0.1) is 11.8 Å². The molecule has 1 unspecified atom stereocenters. The Morgan fingerprint density at radius 2 is 2.15 bits per heavy atom. The fourth-order valence-corrected chi connectivity index (χ4v) is 4.71. The average molecular weight is 425 g/mol. The van der Waals surface area contributed by atoms with E-state index >= 15 is 0 Å². The van der Waals surface area contributed by atoms with Crippen molar-refractivity contribution in [3.63, 3.8) is 0 Å². The molecule has 1 aromatic heterocycles. The summed E-state index contributed by atoms with van der Waals surface area (Å²) in [5.41, 5.74) is 1.89. The summed E-state index contributed by atoms with van der Waals surface area (Å²) in [4.78, 5) is 6.94. The van der Waals surface area contributed by atoms with E-state index in [-0.39, 0.29) is 28.5 Å². The topological polar surface area (TPSA) is 77.1 Å². The lowest BCUT2D eigenvalue weighted by molar-refractivity contribution is -0.0562. The van der Waals surface area contributed by atoms with Crippen LogP contribution in [0.3, 0.4) is 0 Å². The van der Waals surface area contributed by atoms with Crippen LogP contribution in [-0.2, 0) is 0 Å². The number of piperidine rings is 3. The van der Waals surface area contributed by atoms with Crippen molar-refractivity contribution in [3.05, 3.63) is 36.0 Å². The molecular weight excluding hydrogens is 396 g/mol. The van der Waals surface area contributed by atoms with Crippen LogP contribution in [0.5, 0.6) is 5.75 Å². The molecule has 4 heterocycles. The Morgan fingerprint density at radius 3 is 2.81 bits per heavy atom. The smallest absolute Gasteiger partial charge is 0.119 e. The highest BCUT2D eigenvalue weighted by atomic mass is 79.9. The molecule has 5 rings (SSSR count). The standard InChI is InChI=1S/C20H26N2O2.BrH.H2O/c1-3-13-12-22-9-7-14(13)10-19(22)20(23)16-6-8-21-18-5-4-15(24-2)11-17(16)18;;/h4-6,8,11,13-14,19-20,23H,3,7,9-10,12H2,1-2H3;1H;1H2/t13-,14+,19-,20-;;/m0../s1. The fourth-order valence-electron chi connectivity index (χ4n) is 4.71. The number of hydrogen-bond acceptors (Lipinski definition) is 4. The van der Waals surface area contributed by atoms with Crippen LogP contribution < -0.4 is 4.74 Å². The van der Waals surface area contributed by atoms with Crippen LogP contribution in [0.4, 0.5) is 0 Å². The highest BCUT2D eigenvalue weighted by molar-refractivity contribution is 8.93. The van der Waals surface area contributed by atoms with Gasteiger partial charge in [-0.1, -0.05) is 13.3 Å². The lowest BCUT2D eigenvalue weighted by Gasteiger charge is -2.51. The van der Waals surface area contributed by atoms with E-state index in [9.17, 15) is 5.11 Å². The van der Waals surface area contributed by atoms with E-state index < -0.39 is 6.10 Å². The van der Waals surface area contributed by atoms with Gasteiger partial charge in [0, 0.05) is 24.2 Å². The van der Waals surface area contributed by atoms with Gasteiger partial charge < -0.3 is 15.3 Å². The lowest BCUT2D eigenvalue weighted by Crippen LogP contribution is -2.55. The Hall–Kier alpha value is -1.21. The van der Waals surface area contributed by atoms with Gasteiger partial charge in [-0.15, -0.1) is 17.0 Å². The zero-order valence-corrected chi connectivity index (χ0v) is 17.1. The van der Waals surface area contributed by atoms with Gasteiger partial charge in [0.2, 0.25) is 0 Å². The number of aliphatic hydroxyl groups is 1. The first-order valence-electron chi connectivity index (χ1n) is 9.06. The number of hydrogen-bond donors (Lipinski definition) is 1. The third kappa shape index (κ3) is 3.60. The van der Waals surface area contributed by atoms with E-state index in [4.69, 9.17) is 4.74 Å². The van der Waals surface area contributed by atoms with E-state index in [0.29, 0.717) is 0 Å². The van der Waals surface area contributed by atoms with Crippen molar-refractivity contribution < 1.29 is 15.3 Å². The molecular formula is C20H29BrN2O3. The molecule has 144 valence electrons. The van der Waals surface area contributed by atoms with Crippen LogP contribution >= 0.6 is 17.0 Å². The fraction of sp³-hybridized carbons (Fsp3) is 0.550. The van der Waals surface area contributed by atoms with Gasteiger partial charge in [-0.05, 0) is 61.1 Å². The molecule has 3 N–H and O–H groups in total. The molecule has 3 saturated heterocycles. The van der Waals surface area contributed by atoms with Crippen molar-refractivity contribution in [2.45, 2.75) is 38.3 Å². The number of pyridine rings is 1. The molecule has 3 aliphatic rings. The van der Waals surface area contributed by atoms with Gasteiger partial charge in [0.1, 0.15) is 5.75 Å². The monoisotopic (exact) mass is 424 g/mol. The predicted octanol–water partition coefficient (Wildman–Crippen LogP) is 3.15. The number of nitrogens with zero attached hydrogens (tertiary/aromatic N) is 2. The summed E-state index contributed by atoms with van der Waals surface area (Å²) in [6.07, 6.45) is 4.97. The largest absolute Gasteiger partial charge is 0.497 e. The summed E-state index contributed by atoms with van der Waals surface area (Å²) < 4.78 is 5.36. The van der Waals surface area contributed by atoms with Crippen LogP contribution in [0.2, 0.25) is 0 Å². The second-order valence-electron chi connectivity index (χ2n) is 7.24. The van der Waals surface area contributed by atoms with Gasteiger partial charge >= 0.3 is 0 Å². The number of ether oxygens (including phenoxy) is 1. The first-order valence-corrected chi connectivity index (χ1v) is 9.06. The number of fused-ring (bicyclic) bond motifs is 4. The molecule has 0 spiro atoms. The summed E-state index contributed by atoms with van der Waals surface area (Å²) in [6, 6.07) is 8.07. The number of methoxy groups -OCH3 is 1. The highest BCUT2D eigenvalue weighted by Crippen LogP contribution is 2.42. The molecule has 0 saturated carbocycles. The molecule has 6 heteroatoms. The summed E-state index contributed by atoms with van der Waals surface area (Å²) >= 11 is 0. The second kappa shape index (κ2) is 8.65. The van der Waals surface area contributed by atoms with Crippen LogP contribution in [0.15, 0.2) is 30.5 Å². The SMILES string of the molecule is Br.CC[C@H]1CN2CC[C@@H]1C[C@H]2[C@@H](O)c1ccnc2ccc(OC)cc12.O. The molecule has 0 radical (unpaired) electrons. The minimum Gasteiger partial charge on any atom is -0.497 e. The summed E-state index contributed by atoms with van der Waals surface area (Å²) in [6.45, 7) is 4.55. The Labute approximate surface area is 165 Å². The van der Waals surface area contributed by atoms with Crippen molar-refractivity contribution >= 4 is 27.9 Å². The molecule has 3 fully saturated rings. The van der Waals surface area contributed by atoms with Crippen molar-refractivity contribution in [2.24, 2.45) is 11.8 Å². The maximum atomic E-state index is 11.2. The second-order valence-corrected chi connectivity index (χ2v) is 7.24. The van der Waals surface area contributed by atoms with Crippen molar-refractivity contribution in [1.82, 2.24) is 9.88 Å². The molecule has 0 aliphatic carbocycles. The Kier molecular flexibility index (Phi) is 7.02. The molecule has 2 aromatic rings. The normalized spacial score (nSPS) is 28.1. The molecule has 0 amide bonds. The first kappa shape index (κ1) is 21.1. The van der Waals surface area contributed by atoms with Gasteiger partial charge in [0.25, 0.3) is 0 Å². The zero-order valence-electron chi connectivity index (χ0n) is 15.4. The third-order valence-electron chi connectivity index (χ3n) is 6.13. The van der Waals surface area contributed by atoms with Gasteiger partial charge in [0.15, 0.2) is 0 Å². The molecule has 3 aliphatic heterocycles. The highest BCUT2D eigenvalue weighted by Gasteiger charge is 2.42. The Morgan fingerprint density at radius 1 is 1.35 bits per heavy atom. The van der Waals surface area contributed by atoms with E-state index in [1.807, 2.05) is 24.3 Å². The number of aromatic nitrogens is 1. The van der Waals surface area contributed by atoms with Crippen molar-refractivity contribution in [1.29, 1.82) is 0 Å². The maximum Gasteiger partial charge on any atom is 0.119 e. The van der Waals surface area contributed by atoms with Gasteiger partial charge in [-0.3, -0.25) is 9.88 Å². The molecule has 5 atom stereocenters. The quantitative estimate of drug-likeness (QED) is 0.817. The average Bonchev–Trinajstić information content (AvgIpc) is 2.66. The van der Waals surface area contributed by atoms with Crippen LogP contribution in [0.25, 0.3) is 10.9 Å². The predicted molar refractivity (Wildman–Crippen MR) is 109 cm³/mol. The minimum atomic E-state index is -0.469. The molecule has 26 heavy (non-hydrogen) atoms. The minimum absolute atomic E-state index is 0. The number of rotatable bonds is 4. The van der Waals surface area contributed by atoms with E-state index in [2.05, 4.69) is 16.8 Å². The summed E-state index contributed by atoms with van der Waals surface area (Å²) in [7, 11) is 1.67. The Bertz CT molecular complexity index is 742. The third-order valence-corrected chi connectivity index (χ3v) is 6.13. The lowest BCUT2D eigenvalue weighted by atomic mass is 9.72. The molecule has 1 aromatic carbocycles. The summed E-state index contributed by atoms with van der Waals surface area (Å²) in [5.74, 6) is 2.37. The molecule has 2 bridgehead atoms. The maximum absolute atomic E-state index is 11.2. The van der Waals surface area contributed by atoms with E-state index in [1.165, 1.54) is 12.8 Å². The van der Waals surface area contributed by atoms with Crippen molar-refractivity contribution in [2.75, 3.05) is 20.2 Å². The zero-order chi connectivity index (χ0) is 16.7. The van der Waals surface area contributed by atoms with Gasteiger partial charge in [-0.2, -0.15) is 0 Å². The van der Waals surface area contributed by atoms with Crippen LogP contribution in [0.1, 0.15) is 37.9 Å². The van der Waals surface area contributed by atoms with Gasteiger partial charge in [-0.25, -0.2) is 0 Å². The van der Waals surface area contributed by atoms with Gasteiger partial charge in [0.05, 0.1) is 18.7 Å². The van der Waals surface area contributed by atoms with E-state index in [0.717, 1.165) is 53.6 Å².